The number of carboxylic acid groups (broad SMARTS) is 1. The van der Waals surface area contributed by atoms with Gasteiger partial charge in [-0.25, -0.2) is 9.59 Å². The van der Waals surface area contributed by atoms with Gasteiger partial charge in [-0.15, -0.1) is 0 Å². The molecule has 2 atom stereocenters. The van der Waals surface area contributed by atoms with Gasteiger partial charge in [0.1, 0.15) is 18.2 Å². The fourth-order valence-corrected chi connectivity index (χ4v) is 3.91. The summed E-state index contributed by atoms with van der Waals surface area (Å²) in [4.78, 5) is 25.5. The molecule has 1 aliphatic heterocycles. The van der Waals surface area contributed by atoms with E-state index in [0.29, 0.717) is 5.56 Å². The third-order valence-corrected chi connectivity index (χ3v) is 5.59. The number of hydrogen-bond acceptors (Lipinski definition) is 4. The van der Waals surface area contributed by atoms with Crippen LogP contribution in [0.1, 0.15) is 17.5 Å². The monoisotopic (exact) mass is 417 g/mol. The van der Waals surface area contributed by atoms with Crippen molar-refractivity contribution >= 4 is 12.1 Å². The van der Waals surface area contributed by atoms with Gasteiger partial charge >= 0.3 is 12.1 Å². The van der Waals surface area contributed by atoms with Crippen LogP contribution in [0.2, 0.25) is 0 Å². The molecule has 6 heteroatoms. The maximum absolute atomic E-state index is 12.6. The highest BCUT2D eigenvalue weighted by atomic mass is 16.6. The number of aliphatic hydroxyl groups is 1. The molecule has 3 aromatic rings. The van der Waals surface area contributed by atoms with Crippen LogP contribution in [0.5, 0.6) is 0 Å². The van der Waals surface area contributed by atoms with Crippen molar-refractivity contribution in [1.29, 1.82) is 0 Å². The minimum atomic E-state index is -1.47. The van der Waals surface area contributed by atoms with Crippen molar-refractivity contribution in [3.05, 3.63) is 96.1 Å². The minimum absolute atomic E-state index is 0.0344. The van der Waals surface area contributed by atoms with E-state index >= 15 is 0 Å². The number of aliphatic carboxylic acids is 1. The fraction of sp³-hybridized carbons (Fsp3) is 0.200. The molecule has 0 bridgehead atoms. The van der Waals surface area contributed by atoms with E-state index in [4.69, 9.17) is 4.74 Å². The zero-order valence-corrected chi connectivity index (χ0v) is 16.8. The van der Waals surface area contributed by atoms with Gasteiger partial charge in [0, 0.05) is 6.42 Å². The van der Waals surface area contributed by atoms with Crippen LogP contribution in [0.4, 0.5) is 4.79 Å². The second-order valence-electron chi connectivity index (χ2n) is 7.70. The number of likely N-dealkylation sites (tertiary alicyclic amines) is 1. The second kappa shape index (κ2) is 8.62. The number of carbonyl (C=O) groups is 2. The Kier molecular flexibility index (Phi) is 5.73. The van der Waals surface area contributed by atoms with Crippen LogP contribution in [0.25, 0.3) is 11.1 Å². The van der Waals surface area contributed by atoms with Crippen molar-refractivity contribution in [1.82, 2.24) is 4.90 Å². The molecule has 0 unspecified atom stereocenters. The number of β-amino-alcohol motifs (C(OH)–C–C–N with tert-alkyl or cyclic N) is 1. The van der Waals surface area contributed by atoms with Crippen LogP contribution in [0, 0.1) is 0 Å². The summed E-state index contributed by atoms with van der Waals surface area (Å²) in [7, 11) is 0. The minimum Gasteiger partial charge on any atom is -0.480 e. The second-order valence-corrected chi connectivity index (χ2v) is 7.70. The van der Waals surface area contributed by atoms with E-state index in [0.717, 1.165) is 21.6 Å². The first-order valence-electron chi connectivity index (χ1n) is 10.0. The Balaban J connectivity index is 1.51. The lowest BCUT2D eigenvalue weighted by Gasteiger charge is -2.24. The molecule has 1 heterocycles. The molecule has 1 fully saturated rings. The quantitative estimate of drug-likeness (QED) is 0.654. The maximum Gasteiger partial charge on any atom is 0.410 e. The van der Waals surface area contributed by atoms with Crippen molar-refractivity contribution in [3.8, 4) is 11.1 Å². The van der Waals surface area contributed by atoms with Gasteiger partial charge in [-0.05, 0) is 22.3 Å². The molecule has 6 nitrogen and oxygen atoms in total. The molecule has 0 radical (unpaired) electrons. The zero-order chi connectivity index (χ0) is 21.8. The fourth-order valence-electron chi connectivity index (χ4n) is 3.91. The zero-order valence-electron chi connectivity index (χ0n) is 16.8. The standard InChI is InChI=1S/C25H23NO5/c27-23(28)22-15-25(30,17-26(22)24(29)31-16-18-7-3-1-4-8-18)21-13-11-20(12-14-21)19-9-5-2-6-10-19/h1-14,22,30H,15-17H2,(H,27,28)/t22-,25-/m0/s1. The molecule has 0 saturated carbocycles. The molecule has 3 aromatic carbocycles. The van der Waals surface area contributed by atoms with Crippen LogP contribution in [-0.2, 0) is 21.7 Å². The van der Waals surface area contributed by atoms with Crippen LogP contribution in [0.15, 0.2) is 84.9 Å². The van der Waals surface area contributed by atoms with E-state index in [-0.39, 0.29) is 19.6 Å². The predicted molar refractivity (Wildman–Crippen MR) is 115 cm³/mol. The van der Waals surface area contributed by atoms with Gasteiger partial charge in [0.05, 0.1) is 6.54 Å². The van der Waals surface area contributed by atoms with Gasteiger partial charge < -0.3 is 14.9 Å². The topological polar surface area (TPSA) is 87.1 Å². The van der Waals surface area contributed by atoms with Gasteiger partial charge in [0.15, 0.2) is 0 Å². The third kappa shape index (κ3) is 4.44. The van der Waals surface area contributed by atoms with Crippen LogP contribution in [-0.4, -0.2) is 39.8 Å². The van der Waals surface area contributed by atoms with Crippen molar-refractivity contribution < 1.29 is 24.5 Å². The van der Waals surface area contributed by atoms with Crippen molar-refractivity contribution in [2.45, 2.75) is 24.7 Å². The summed E-state index contributed by atoms with van der Waals surface area (Å²) in [5, 5.41) is 20.9. The molecule has 2 N–H and O–H groups in total. The van der Waals surface area contributed by atoms with E-state index in [1.165, 1.54) is 0 Å². The lowest BCUT2D eigenvalue weighted by molar-refractivity contribution is -0.141. The molecule has 4 rings (SSSR count). The molecule has 31 heavy (non-hydrogen) atoms. The van der Waals surface area contributed by atoms with Gasteiger partial charge in [-0.1, -0.05) is 84.9 Å². The Morgan fingerprint density at radius 3 is 2.10 bits per heavy atom. The van der Waals surface area contributed by atoms with Gasteiger partial charge in [0.25, 0.3) is 0 Å². The van der Waals surface area contributed by atoms with E-state index in [2.05, 4.69) is 0 Å². The van der Waals surface area contributed by atoms with Crippen molar-refractivity contribution in [3.63, 3.8) is 0 Å². The van der Waals surface area contributed by atoms with Gasteiger partial charge in [-0.3, -0.25) is 4.90 Å². The number of amides is 1. The van der Waals surface area contributed by atoms with Gasteiger partial charge in [0.2, 0.25) is 0 Å². The molecule has 1 aliphatic rings. The Hall–Kier alpha value is -3.64. The number of rotatable bonds is 5. The van der Waals surface area contributed by atoms with Crippen LogP contribution in [0.3, 0.4) is 0 Å². The Morgan fingerprint density at radius 2 is 1.48 bits per heavy atom. The first-order chi connectivity index (χ1) is 15.0. The number of carboxylic acids is 1. The summed E-state index contributed by atoms with van der Waals surface area (Å²) in [5.74, 6) is -1.17. The molecular weight excluding hydrogens is 394 g/mol. The Morgan fingerprint density at radius 1 is 0.903 bits per heavy atom. The Bertz CT molecular complexity index is 1050. The van der Waals surface area contributed by atoms with Crippen LogP contribution >= 0.6 is 0 Å². The van der Waals surface area contributed by atoms with E-state index in [9.17, 15) is 19.8 Å². The summed E-state index contributed by atoms with van der Waals surface area (Å²) in [6.45, 7) is -0.116. The highest BCUT2D eigenvalue weighted by molar-refractivity contribution is 5.81. The molecule has 0 aromatic heterocycles. The average molecular weight is 417 g/mol. The molecule has 1 saturated heterocycles. The average Bonchev–Trinajstić information content (AvgIpc) is 3.18. The summed E-state index contributed by atoms with van der Waals surface area (Å²) < 4.78 is 5.31. The largest absolute Gasteiger partial charge is 0.480 e. The highest BCUT2D eigenvalue weighted by Gasteiger charge is 2.49. The normalized spacial score (nSPS) is 20.4. The number of benzene rings is 3. The summed E-state index contributed by atoms with van der Waals surface area (Å²) in [6.07, 6.45) is -0.860. The maximum atomic E-state index is 12.6. The molecule has 0 aliphatic carbocycles. The molecule has 0 spiro atoms. The number of carbonyl (C=O) groups excluding carboxylic acids is 1. The highest BCUT2D eigenvalue weighted by Crippen LogP contribution is 2.37. The van der Waals surface area contributed by atoms with Crippen molar-refractivity contribution in [2.24, 2.45) is 0 Å². The van der Waals surface area contributed by atoms with Crippen LogP contribution < -0.4 is 0 Å². The lowest BCUT2D eigenvalue weighted by Crippen LogP contribution is -2.41. The smallest absolute Gasteiger partial charge is 0.410 e. The number of hydrogen-bond donors (Lipinski definition) is 2. The SMILES string of the molecule is O=C(O)[C@@H]1C[C@@](O)(c2ccc(-c3ccccc3)cc2)CN1C(=O)OCc1ccccc1. The molecule has 1 amide bonds. The number of nitrogens with zero attached hydrogens (tertiary/aromatic N) is 1. The first kappa shape index (κ1) is 20.6. The van der Waals surface area contributed by atoms with Crippen molar-refractivity contribution in [2.75, 3.05) is 6.54 Å². The molecular formula is C25H23NO5. The Labute approximate surface area is 180 Å². The summed E-state index contributed by atoms with van der Waals surface area (Å²) in [6, 6.07) is 25.1. The number of ether oxygens (including phenoxy) is 1. The summed E-state index contributed by atoms with van der Waals surface area (Å²) in [5.41, 5.74) is 1.93. The third-order valence-electron chi connectivity index (χ3n) is 5.59. The first-order valence-corrected chi connectivity index (χ1v) is 10.0. The van der Waals surface area contributed by atoms with Gasteiger partial charge in [-0.2, -0.15) is 0 Å². The summed E-state index contributed by atoms with van der Waals surface area (Å²) >= 11 is 0. The van der Waals surface area contributed by atoms with E-state index in [1.807, 2.05) is 72.8 Å². The van der Waals surface area contributed by atoms with E-state index < -0.39 is 23.7 Å². The van der Waals surface area contributed by atoms with E-state index in [1.54, 1.807) is 12.1 Å². The molecule has 158 valence electrons. The predicted octanol–water partition coefficient (Wildman–Crippen LogP) is 4.04. The lowest BCUT2D eigenvalue weighted by atomic mass is 9.90.